The average molecular weight is 303 g/mol. The van der Waals surface area contributed by atoms with Gasteiger partial charge in [-0.2, -0.15) is 0 Å². The molecule has 0 aromatic heterocycles. The Morgan fingerprint density at radius 2 is 1.86 bits per heavy atom. The van der Waals surface area contributed by atoms with Gasteiger partial charge in [0, 0.05) is 40.3 Å². The molecule has 21 heavy (non-hydrogen) atoms. The molecule has 1 heterocycles. The molecule has 1 fully saturated rings. The lowest BCUT2D eigenvalue weighted by atomic mass is 10.2. The van der Waals surface area contributed by atoms with Crippen LogP contribution in [0.15, 0.2) is 0 Å². The lowest BCUT2D eigenvalue weighted by Gasteiger charge is -2.38. The maximum atomic E-state index is 12.2. The number of nitrogens with zero attached hydrogens (tertiary/aromatic N) is 3. The van der Waals surface area contributed by atoms with Gasteiger partial charge in [-0.1, -0.05) is 0 Å². The van der Waals surface area contributed by atoms with Crippen LogP contribution in [0.1, 0.15) is 6.92 Å². The molecule has 0 saturated carbocycles. The summed E-state index contributed by atoms with van der Waals surface area (Å²) < 4.78 is 4.83. The Hall–Kier alpha value is -1.38. The van der Waals surface area contributed by atoms with Gasteiger partial charge in [0.2, 0.25) is 0 Å². The highest BCUT2D eigenvalue weighted by atomic mass is 16.5. The molecule has 0 spiro atoms. The van der Waals surface area contributed by atoms with Gasteiger partial charge >= 0.3 is 12.0 Å². The standard InChI is InChI=1S/C13H25N3O5/c1-10(12(18)19)15-4-6-16(7-5-15)13(20)14(2)8-11(17)9-21-3/h10-11,17H,4-9H2,1-3H3,(H,18,19). The Bertz CT molecular complexity index is 358. The smallest absolute Gasteiger partial charge is 0.320 e. The molecular weight excluding hydrogens is 278 g/mol. The van der Waals surface area contributed by atoms with Crippen molar-refractivity contribution in [1.29, 1.82) is 0 Å². The zero-order valence-corrected chi connectivity index (χ0v) is 12.9. The molecule has 2 atom stereocenters. The molecule has 0 aromatic carbocycles. The predicted octanol–water partition coefficient (Wildman–Crippen LogP) is -0.864. The zero-order chi connectivity index (χ0) is 16.0. The Morgan fingerprint density at radius 3 is 2.33 bits per heavy atom. The summed E-state index contributed by atoms with van der Waals surface area (Å²) in [5, 5.41) is 18.6. The Kier molecular flexibility index (Phi) is 6.86. The quantitative estimate of drug-likeness (QED) is 0.663. The van der Waals surface area contributed by atoms with E-state index in [4.69, 9.17) is 9.84 Å². The predicted molar refractivity (Wildman–Crippen MR) is 76.2 cm³/mol. The second kappa shape index (κ2) is 8.16. The summed E-state index contributed by atoms with van der Waals surface area (Å²) in [5.74, 6) is -0.852. The minimum atomic E-state index is -0.852. The molecule has 0 radical (unpaired) electrons. The van der Waals surface area contributed by atoms with Crippen LogP contribution in [0.4, 0.5) is 4.79 Å². The van der Waals surface area contributed by atoms with Crippen LogP contribution in [0, 0.1) is 0 Å². The molecule has 0 aliphatic carbocycles. The highest BCUT2D eigenvalue weighted by Crippen LogP contribution is 2.09. The van der Waals surface area contributed by atoms with E-state index in [9.17, 15) is 14.7 Å². The van der Waals surface area contributed by atoms with E-state index in [0.29, 0.717) is 26.2 Å². The van der Waals surface area contributed by atoms with Crippen molar-refractivity contribution in [1.82, 2.24) is 14.7 Å². The lowest BCUT2D eigenvalue weighted by molar-refractivity contribution is -0.143. The molecule has 1 rings (SSSR count). The number of aliphatic hydroxyl groups is 1. The van der Waals surface area contributed by atoms with Gasteiger partial charge in [-0.25, -0.2) is 4.79 Å². The van der Waals surface area contributed by atoms with Crippen LogP contribution in [-0.4, -0.2) is 103 Å². The Morgan fingerprint density at radius 1 is 1.29 bits per heavy atom. The van der Waals surface area contributed by atoms with Gasteiger partial charge in [-0.05, 0) is 6.92 Å². The van der Waals surface area contributed by atoms with Gasteiger partial charge in [0.05, 0.1) is 19.3 Å². The van der Waals surface area contributed by atoms with Crippen molar-refractivity contribution >= 4 is 12.0 Å². The summed E-state index contributed by atoms with van der Waals surface area (Å²) in [6, 6.07) is -0.698. The molecule has 2 unspecified atom stereocenters. The van der Waals surface area contributed by atoms with Crippen molar-refractivity contribution in [3.63, 3.8) is 0 Å². The number of hydrogen-bond acceptors (Lipinski definition) is 5. The van der Waals surface area contributed by atoms with Gasteiger partial charge in [0.25, 0.3) is 0 Å². The molecule has 8 nitrogen and oxygen atoms in total. The molecule has 0 bridgehead atoms. The first-order valence-corrected chi connectivity index (χ1v) is 7.00. The number of methoxy groups -OCH3 is 1. The first-order valence-electron chi connectivity index (χ1n) is 7.00. The number of carbonyl (C=O) groups excluding carboxylic acids is 1. The van der Waals surface area contributed by atoms with Gasteiger partial charge < -0.3 is 24.7 Å². The SMILES string of the molecule is COCC(O)CN(C)C(=O)N1CCN(C(C)C(=O)O)CC1. The van der Waals surface area contributed by atoms with Crippen LogP contribution in [0.5, 0.6) is 0 Å². The highest BCUT2D eigenvalue weighted by molar-refractivity contribution is 5.75. The molecule has 2 amide bonds. The van der Waals surface area contributed by atoms with Crippen LogP contribution in [0.2, 0.25) is 0 Å². The number of carbonyl (C=O) groups is 2. The van der Waals surface area contributed by atoms with E-state index in [2.05, 4.69) is 0 Å². The zero-order valence-electron chi connectivity index (χ0n) is 12.9. The number of carboxylic acids is 1. The normalized spacial score (nSPS) is 19.1. The van der Waals surface area contributed by atoms with E-state index in [-0.39, 0.29) is 19.2 Å². The van der Waals surface area contributed by atoms with Crippen molar-refractivity contribution in [3.05, 3.63) is 0 Å². The van der Waals surface area contributed by atoms with E-state index in [1.165, 1.54) is 12.0 Å². The molecule has 1 aliphatic heterocycles. The second-order valence-corrected chi connectivity index (χ2v) is 5.31. The van der Waals surface area contributed by atoms with Crippen LogP contribution >= 0.6 is 0 Å². The molecule has 1 aliphatic rings. The van der Waals surface area contributed by atoms with Crippen molar-refractivity contribution in [2.45, 2.75) is 19.1 Å². The average Bonchev–Trinajstić information content (AvgIpc) is 2.45. The minimum absolute atomic E-state index is 0.159. The van der Waals surface area contributed by atoms with E-state index in [1.54, 1.807) is 18.9 Å². The minimum Gasteiger partial charge on any atom is -0.480 e. The molecular formula is C13H25N3O5. The third-order valence-electron chi connectivity index (χ3n) is 3.66. The third kappa shape index (κ3) is 5.14. The fraction of sp³-hybridized carbons (Fsp3) is 0.846. The van der Waals surface area contributed by atoms with Gasteiger partial charge in [-0.3, -0.25) is 9.69 Å². The van der Waals surface area contributed by atoms with Crippen LogP contribution in [-0.2, 0) is 9.53 Å². The van der Waals surface area contributed by atoms with Crippen LogP contribution < -0.4 is 0 Å². The summed E-state index contributed by atoms with van der Waals surface area (Å²) in [6.07, 6.45) is -0.711. The van der Waals surface area contributed by atoms with E-state index in [0.717, 1.165) is 0 Å². The number of carboxylic acid groups (broad SMARTS) is 1. The van der Waals surface area contributed by atoms with E-state index < -0.39 is 18.1 Å². The highest BCUT2D eigenvalue weighted by Gasteiger charge is 2.28. The third-order valence-corrected chi connectivity index (χ3v) is 3.66. The molecule has 8 heteroatoms. The number of hydrogen-bond donors (Lipinski definition) is 2. The number of aliphatic hydroxyl groups excluding tert-OH is 1. The summed E-state index contributed by atoms with van der Waals surface area (Å²) >= 11 is 0. The molecule has 2 N–H and O–H groups in total. The van der Waals surface area contributed by atoms with Crippen LogP contribution in [0.3, 0.4) is 0 Å². The summed E-state index contributed by atoms with van der Waals surface area (Å²) in [7, 11) is 3.13. The lowest BCUT2D eigenvalue weighted by Crippen LogP contribution is -2.55. The van der Waals surface area contributed by atoms with Crippen molar-refractivity contribution < 1.29 is 24.5 Å². The Labute approximate surface area is 124 Å². The van der Waals surface area contributed by atoms with E-state index in [1.807, 2.05) is 4.90 Å². The van der Waals surface area contributed by atoms with Crippen LogP contribution in [0.25, 0.3) is 0 Å². The largest absolute Gasteiger partial charge is 0.480 e. The fourth-order valence-corrected chi connectivity index (χ4v) is 2.34. The number of amides is 2. The summed E-state index contributed by atoms with van der Waals surface area (Å²) in [5.41, 5.74) is 0. The maximum absolute atomic E-state index is 12.2. The van der Waals surface area contributed by atoms with Crippen molar-refractivity contribution in [2.24, 2.45) is 0 Å². The van der Waals surface area contributed by atoms with Crippen molar-refractivity contribution in [2.75, 3.05) is 53.5 Å². The number of piperazine rings is 1. The van der Waals surface area contributed by atoms with Gasteiger partial charge in [-0.15, -0.1) is 0 Å². The number of ether oxygens (including phenoxy) is 1. The first-order chi connectivity index (χ1) is 9.86. The monoisotopic (exact) mass is 303 g/mol. The number of likely N-dealkylation sites (N-methyl/N-ethyl adjacent to an activating group) is 1. The van der Waals surface area contributed by atoms with Gasteiger partial charge in [0.15, 0.2) is 0 Å². The van der Waals surface area contributed by atoms with Gasteiger partial charge in [0.1, 0.15) is 6.04 Å². The van der Waals surface area contributed by atoms with Crippen molar-refractivity contribution in [3.8, 4) is 0 Å². The Balaban J connectivity index is 2.42. The number of rotatable bonds is 6. The summed E-state index contributed by atoms with van der Waals surface area (Å²) in [6.45, 7) is 4.08. The molecule has 1 saturated heterocycles. The summed E-state index contributed by atoms with van der Waals surface area (Å²) in [4.78, 5) is 28.1. The molecule has 122 valence electrons. The maximum Gasteiger partial charge on any atom is 0.320 e. The number of urea groups is 1. The van der Waals surface area contributed by atoms with E-state index >= 15 is 0 Å². The molecule has 0 aromatic rings. The number of aliphatic carboxylic acids is 1. The second-order valence-electron chi connectivity index (χ2n) is 5.31. The topological polar surface area (TPSA) is 93.6 Å². The fourth-order valence-electron chi connectivity index (χ4n) is 2.34. The first kappa shape index (κ1) is 17.7.